The lowest BCUT2D eigenvalue weighted by molar-refractivity contribution is 0.269. The van der Waals surface area contributed by atoms with Crippen LogP contribution in [0.25, 0.3) is 0 Å². The first-order chi connectivity index (χ1) is 9.75. The molecule has 0 bridgehead atoms. The lowest BCUT2D eigenvalue weighted by Gasteiger charge is -2.30. The summed E-state index contributed by atoms with van der Waals surface area (Å²) in [7, 11) is -2.34. The molecular formula is C13H18ClNO4S2. The van der Waals surface area contributed by atoms with Crippen LogP contribution < -0.4 is 0 Å². The van der Waals surface area contributed by atoms with Crippen molar-refractivity contribution in [2.24, 2.45) is 5.92 Å². The van der Waals surface area contributed by atoms with E-state index < -0.39 is 19.1 Å². The Hall–Kier alpha value is -0.630. The van der Waals surface area contributed by atoms with E-state index in [1.807, 2.05) is 0 Å². The minimum atomic E-state index is -3.94. The Bertz CT molecular complexity index is 707. The Morgan fingerprint density at radius 3 is 2.24 bits per heavy atom. The Morgan fingerprint density at radius 1 is 1.14 bits per heavy atom. The van der Waals surface area contributed by atoms with Gasteiger partial charge in [0.25, 0.3) is 9.05 Å². The molecule has 5 nitrogen and oxygen atoms in total. The van der Waals surface area contributed by atoms with Crippen molar-refractivity contribution in [1.82, 2.24) is 4.31 Å². The first kappa shape index (κ1) is 16.7. The van der Waals surface area contributed by atoms with Crippen LogP contribution >= 0.6 is 10.7 Å². The van der Waals surface area contributed by atoms with Crippen LogP contribution in [0, 0.1) is 5.92 Å². The quantitative estimate of drug-likeness (QED) is 0.781. The molecule has 118 valence electrons. The number of rotatable bonds is 4. The second-order valence-corrected chi connectivity index (χ2v) is 9.67. The number of sulfonamides is 1. The van der Waals surface area contributed by atoms with E-state index in [-0.39, 0.29) is 9.79 Å². The largest absolute Gasteiger partial charge is 0.261 e. The van der Waals surface area contributed by atoms with Crippen molar-refractivity contribution in [1.29, 1.82) is 0 Å². The summed E-state index contributed by atoms with van der Waals surface area (Å²) in [6.45, 7) is 3.04. The highest BCUT2D eigenvalue weighted by Gasteiger charge is 2.29. The molecule has 1 aromatic carbocycles. The third-order valence-electron chi connectivity index (χ3n) is 3.88. The molecule has 1 saturated heterocycles. The SMILES string of the molecule is CCC1CCN(S(=O)(=O)c2cccc(S(=O)(=O)Cl)c2)CC1. The van der Waals surface area contributed by atoms with Gasteiger partial charge in [0.15, 0.2) is 0 Å². The van der Waals surface area contributed by atoms with Gasteiger partial charge in [0.2, 0.25) is 10.0 Å². The molecule has 0 radical (unpaired) electrons. The first-order valence-corrected chi connectivity index (χ1v) is 10.5. The first-order valence-electron chi connectivity index (χ1n) is 6.80. The molecular weight excluding hydrogens is 334 g/mol. The molecule has 0 amide bonds. The Morgan fingerprint density at radius 2 is 1.71 bits per heavy atom. The lowest BCUT2D eigenvalue weighted by Crippen LogP contribution is -2.38. The second-order valence-electron chi connectivity index (χ2n) is 5.17. The van der Waals surface area contributed by atoms with Crippen molar-refractivity contribution >= 4 is 29.8 Å². The molecule has 1 aliphatic rings. The van der Waals surface area contributed by atoms with Crippen molar-refractivity contribution in [3.8, 4) is 0 Å². The average Bonchev–Trinajstić information content (AvgIpc) is 2.46. The van der Waals surface area contributed by atoms with E-state index in [4.69, 9.17) is 10.7 Å². The van der Waals surface area contributed by atoms with Crippen molar-refractivity contribution in [3.05, 3.63) is 24.3 Å². The highest BCUT2D eigenvalue weighted by molar-refractivity contribution is 8.13. The van der Waals surface area contributed by atoms with Gasteiger partial charge in [-0.1, -0.05) is 19.4 Å². The second kappa shape index (κ2) is 6.24. The van der Waals surface area contributed by atoms with Gasteiger partial charge in [0.1, 0.15) is 0 Å². The molecule has 0 aromatic heterocycles. The maximum absolute atomic E-state index is 12.5. The van der Waals surface area contributed by atoms with E-state index >= 15 is 0 Å². The van der Waals surface area contributed by atoms with Crippen LogP contribution in [0.5, 0.6) is 0 Å². The van der Waals surface area contributed by atoms with E-state index in [0.717, 1.165) is 25.3 Å². The lowest BCUT2D eigenvalue weighted by atomic mass is 9.96. The maximum Gasteiger partial charge on any atom is 0.261 e. The number of nitrogens with zero attached hydrogens (tertiary/aromatic N) is 1. The molecule has 1 heterocycles. The summed E-state index contributed by atoms with van der Waals surface area (Å²) in [6, 6.07) is 5.18. The van der Waals surface area contributed by atoms with E-state index in [2.05, 4.69) is 6.92 Å². The molecule has 1 aromatic rings. The van der Waals surface area contributed by atoms with Crippen LogP contribution in [-0.4, -0.2) is 34.2 Å². The number of halogens is 1. The van der Waals surface area contributed by atoms with Crippen molar-refractivity contribution in [2.45, 2.75) is 36.0 Å². The van der Waals surface area contributed by atoms with Gasteiger partial charge in [-0.3, -0.25) is 0 Å². The fourth-order valence-corrected chi connectivity index (χ4v) is 4.88. The van der Waals surface area contributed by atoms with Crippen molar-refractivity contribution in [3.63, 3.8) is 0 Å². The van der Waals surface area contributed by atoms with Crippen LogP contribution in [0.15, 0.2) is 34.1 Å². The molecule has 2 rings (SSSR count). The zero-order valence-corrected chi connectivity index (χ0v) is 14.1. The molecule has 0 N–H and O–H groups in total. The van der Waals surface area contributed by atoms with Crippen LogP contribution in [0.4, 0.5) is 0 Å². The predicted octanol–water partition coefficient (Wildman–Crippen LogP) is 2.42. The minimum absolute atomic E-state index is 0.0285. The smallest absolute Gasteiger partial charge is 0.207 e. The van der Waals surface area contributed by atoms with Gasteiger partial charge in [0, 0.05) is 23.8 Å². The summed E-state index contributed by atoms with van der Waals surface area (Å²) in [5, 5.41) is 0. The van der Waals surface area contributed by atoms with Gasteiger partial charge in [-0.2, -0.15) is 4.31 Å². The van der Waals surface area contributed by atoms with Gasteiger partial charge in [-0.15, -0.1) is 0 Å². The molecule has 1 aliphatic heterocycles. The Labute approximate surface area is 130 Å². The zero-order valence-electron chi connectivity index (χ0n) is 11.7. The minimum Gasteiger partial charge on any atom is -0.207 e. The fourth-order valence-electron chi connectivity index (χ4n) is 2.49. The highest BCUT2D eigenvalue weighted by atomic mass is 35.7. The van der Waals surface area contributed by atoms with E-state index in [9.17, 15) is 16.8 Å². The molecule has 0 saturated carbocycles. The van der Waals surface area contributed by atoms with Gasteiger partial charge in [0.05, 0.1) is 9.79 Å². The average molecular weight is 352 g/mol. The third kappa shape index (κ3) is 3.77. The highest BCUT2D eigenvalue weighted by Crippen LogP contribution is 2.27. The number of hydrogen-bond donors (Lipinski definition) is 0. The van der Waals surface area contributed by atoms with Crippen LogP contribution in [0.3, 0.4) is 0 Å². The predicted molar refractivity (Wildman–Crippen MR) is 81.3 cm³/mol. The third-order valence-corrected chi connectivity index (χ3v) is 7.12. The van der Waals surface area contributed by atoms with Gasteiger partial charge >= 0.3 is 0 Å². The summed E-state index contributed by atoms with van der Waals surface area (Å²) in [5.41, 5.74) is 0. The van der Waals surface area contributed by atoms with E-state index in [1.54, 1.807) is 0 Å². The van der Waals surface area contributed by atoms with Crippen LogP contribution in [-0.2, 0) is 19.1 Å². The summed E-state index contributed by atoms with van der Waals surface area (Å²) < 4.78 is 49.2. The topological polar surface area (TPSA) is 71.5 Å². The molecule has 0 unspecified atom stereocenters. The van der Waals surface area contributed by atoms with Crippen molar-refractivity contribution < 1.29 is 16.8 Å². The molecule has 21 heavy (non-hydrogen) atoms. The summed E-state index contributed by atoms with van der Waals surface area (Å²) in [6.07, 6.45) is 2.72. The van der Waals surface area contributed by atoms with Crippen LogP contribution in [0.1, 0.15) is 26.2 Å². The number of piperidine rings is 1. The number of hydrogen-bond acceptors (Lipinski definition) is 4. The Kier molecular flexibility index (Phi) is 4.97. The molecule has 0 spiro atoms. The van der Waals surface area contributed by atoms with E-state index in [1.165, 1.54) is 22.5 Å². The molecule has 0 atom stereocenters. The monoisotopic (exact) mass is 351 g/mol. The van der Waals surface area contributed by atoms with Crippen LogP contribution in [0.2, 0.25) is 0 Å². The molecule has 1 fully saturated rings. The van der Waals surface area contributed by atoms with Gasteiger partial charge in [-0.05, 0) is 37.0 Å². The van der Waals surface area contributed by atoms with E-state index in [0.29, 0.717) is 19.0 Å². The van der Waals surface area contributed by atoms with Gasteiger partial charge in [-0.25, -0.2) is 16.8 Å². The summed E-state index contributed by atoms with van der Waals surface area (Å²) >= 11 is 0. The fraction of sp³-hybridized carbons (Fsp3) is 0.538. The molecule has 8 heteroatoms. The van der Waals surface area contributed by atoms with Crippen molar-refractivity contribution in [2.75, 3.05) is 13.1 Å². The number of benzene rings is 1. The summed E-state index contributed by atoms with van der Waals surface area (Å²) in [5.74, 6) is 0.561. The molecule has 0 aliphatic carbocycles. The Balaban J connectivity index is 2.29. The van der Waals surface area contributed by atoms with Gasteiger partial charge < -0.3 is 0 Å². The maximum atomic E-state index is 12.5. The zero-order chi connectivity index (χ0) is 15.7. The normalized spacial score (nSPS) is 18.8. The summed E-state index contributed by atoms with van der Waals surface area (Å²) in [4.78, 5) is -0.229. The standard InChI is InChI=1S/C13H18ClNO4S2/c1-2-11-6-8-15(9-7-11)21(18,19)13-5-3-4-12(10-13)20(14,16)17/h3-5,10-11H,2,6-9H2,1H3.